The Morgan fingerprint density at radius 2 is 1.96 bits per heavy atom. The molecule has 0 fully saturated rings. The average molecular weight is 441 g/mol. The van der Waals surface area contributed by atoms with E-state index < -0.39 is 11.5 Å². The number of halogens is 2. The molecule has 3 aromatic rings. The predicted octanol–water partition coefficient (Wildman–Crippen LogP) is 2.28. The molecule has 0 radical (unpaired) electrons. The number of nitrogens with zero attached hydrogens (tertiary/aromatic N) is 3. The molecule has 1 N–H and O–H groups in total. The molecular formula is C15H10ClIN4O2. The van der Waals surface area contributed by atoms with Crippen molar-refractivity contribution in [3.05, 3.63) is 72.8 Å². The number of benzene rings is 1. The fraction of sp³-hybridized carbons (Fsp3) is 0.0667. The predicted molar refractivity (Wildman–Crippen MR) is 94.6 cm³/mol. The van der Waals surface area contributed by atoms with Crippen LogP contribution < -0.4 is 10.9 Å². The van der Waals surface area contributed by atoms with Gasteiger partial charge < -0.3 is 5.32 Å². The minimum Gasteiger partial charge on any atom is -0.348 e. The van der Waals surface area contributed by atoms with E-state index in [1.807, 2.05) is 22.6 Å². The molecule has 3 rings (SSSR count). The Morgan fingerprint density at radius 3 is 2.70 bits per heavy atom. The monoisotopic (exact) mass is 440 g/mol. The molecule has 2 heterocycles. The zero-order valence-electron chi connectivity index (χ0n) is 11.7. The number of nitrogens with one attached hydrogen (secondary N) is 1. The number of amides is 1. The molecule has 1 amide bonds. The van der Waals surface area contributed by atoms with Crippen molar-refractivity contribution in [3.63, 3.8) is 0 Å². The molecule has 0 aliphatic heterocycles. The first-order valence-corrected chi connectivity index (χ1v) is 8.07. The second-order valence-electron chi connectivity index (χ2n) is 4.71. The SMILES string of the molecule is O=C(NCc1ccc(Cl)cc1)c1cnc2ccc(I)nn2c1=O. The van der Waals surface area contributed by atoms with Gasteiger partial charge in [0.2, 0.25) is 0 Å². The lowest BCUT2D eigenvalue weighted by molar-refractivity contribution is 0.0948. The maximum absolute atomic E-state index is 12.4. The van der Waals surface area contributed by atoms with Crippen LogP contribution in [0, 0.1) is 3.70 Å². The van der Waals surface area contributed by atoms with Crippen LogP contribution in [-0.2, 0) is 6.54 Å². The second-order valence-corrected chi connectivity index (χ2v) is 6.25. The Kier molecular flexibility index (Phi) is 4.58. The van der Waals surface area contributed by atoms with Gasteiger partial charge in [-0.05, 0) is 52.4 Å². The van der Waals surface area contributed by atoms with E-state index in [-0.39, 0.29) is 12.1 Å². The molecule has 0 aliphatic carbocycles. The van der Waals surface area contributed by atoms with E-state index in [4.69, 9.17) is 11.6 Å². The summed E-state index contributed by atoms with van der Waals surface area (Å²) in [7, 11) is 0. The standard InChI is InChI=1S/C15H10ClIN4O2/c16-10-3-1-9(2-4-10)7-19-14(22)11-8-18-13-6-5-12(17)20-21(13)15(11)23/h1-6,8H,7H2,(H,19,22). The van der Waals surface area contributed by atoms with E-state index in [9.17, 15) is 9.59 Å². The lowest BCUT2D eigenvalue weighted by atomic mass is 10.2. The third kappa shape index (κ3) is 3.50. The van der Waals surface area contributed by atoms with E-state index in [2.05, 4.69) is 15.4 Å². The molecule has 0 atom stereocenters. The molecule has 116 valence electrons. The van der Waals surface area contributed by atoms with Gasteiger partial charge in [-0.3, -0.25) is 9.59 Å². The number of carbonyl (C=O) groups is 1. The van der Waals surface area contributed by atoms with Gasteiger partial charge in [-0.1, -0.05) is 23.7 Å². The number of aromatic nitrogens is 3. The number of fused-ring (bicyclic) bond motifs is 1. The molecule has 0 bridgehead atoms. The summed E-state index contributed by atoms with van der Waals surface area (Å²) in [4.78, 5) is 28.7. The van der Waals surface area contributed by atoms with Crippen LogP contribution in [0.3, 0.4) is 0 Å². The Morgan fingerprint density at radius 1 is 1.22 bits per heavy atom. The largest absolute Gasteiger partial charge is 0.348 e. The van der Waals surface area contributed by atoms with Gasteiger partial charge >= 0.3 is 0 Å². The highest BCUT2D eigenvalue weighted by atomic mass is 127. The molecule has 8 heteroatoms. The summed E-state index contributed by atoms with van der Waals surface area (Å²) < 4.78 is 1.76. The topological polar surface area (TPSA) is 76.4 Å². The van der Waals surface area contributed by atoms with Gasteiger partial charge in [0, 0.05) is 17.8 Å². The maximum Gasteiger partial charge on any atom is 0.287 e. The number of carbonyl (C=O) groups excluding carboxylic acids is 1. The van der Waals surface area contributed by atoms with E-state index in [1.54, 1.807) is 36.4 Å². The first-order valence-electron chi connectivity index (χ1n) is 6.62. The molecule has 6 nitrogen and oxygen atoms in total. The van der Waals surface area contributed by atoms with Crippen LogP contribution in [0.25, 0.3) is 5.65 Å². The summed E-state index contributed by atoms with van der Waals surface area (Å²) >= 11 is 7.80. The summed E-state index contributed by atoms with van der Waals surface area (Å²) in [5.41, 5.74) is 0.724. The van der Waals surface area contributed by atoms with Crippen LogP contribution in [0.4, 0.5) is 0 Å². The lowest BCUT2D eigenvalue weighted by Crippen LogP contribution is -2.32. The first-order chi connectivity index (χ1) is 11.0. The van der Waals surface area contributed by atoms with Crippen LogP contribution in [0.5, 0.6) is 0 Å². The van der Waals surface area contributed by atoms with Crippen molar-refractivity contribution < 1.29 is 4.79 Å². The fourth-order valence-corrected chi connectivity index (χ4v) is 2.50. The van der Waals surface area contributed by atoms with Crippen LogP contribution in [-0.4, -0.2) is 20.5 Å². The smallest absolute Gasteiger partial charge is 0.287 e. The van der Waals surface area contributed by atoms with E-state index >= 15 is 0 Å². The molecule has 23 heavy (non-hydrogen) atoms. The first kappa shape index (κ1) is 15.9. The Hall–Kier alpha value is -2.00. The average Bonchev–Trinajstić information content (AvgIpc) is 2.55. The van der Waals surface area contributed by atoms with Gasteiger partial charge in [-0.15, -0.1) is 0 Å². The molecule has 0 aliphatic rings. The second kappa shape index (κ2) is 6.63. The van der Waals surface area contributed by atoms with Gasteiger partial charge in [0.15, 0.2) is 5.65 Å². The molecule has 0 spiro atoms. The van der Waals surface area contributed by atoms with Crippen LogP contribution >= 0.6 is 34.2 Å². The third-order valence-electron chi connectivity index (χ3n) is 3.14. The van der Waals surface area contributed by atoms with Crippen molar-refractivity contribution in [1.29, 1.82) is 0 Å². The molecule has 2 aromatic heterocycles. The summed E-state index contributed by atoms with van der Waals surface area (Å²) in [6.07, 6.45) is 1.27. The summed E-state index contributed by atoms with van der Waals surface area (Å²) in [6.45, 7) is 0.290. The minimum absolute atomic E-state index is 0.0500. The molecular weight excluding hydrogens is 431 g/mol. The zero-order valence-corrected chi connectivity index (χ0v) is 14.6. The van der Waals surface area contributed by atoms with Gasteiger partial charge in [0.05, 0.1) is 0 Å². The highest BCUT2D eigenvalue weighted by molar-refractivity contribution is 14.1. The van der Waals surface area contributed by atoms with Crippen molar-refractivity contribution in [3.8, 4) is 0 Å². The third-order valence-corrected chi connectivity index (χ3v) is 3.97. The summed E-state index contributed by atoms with van der Waals surface area (Å²) in [5.74, 6) is -0.493. The normalized spacial score (nSPS) is 10.7. The lowest BCUT2D eigenvalue weighted by Gasteiger charge is -2.06. The Labute approximate surface area is 149 Å². The number of hydrogen-bond acceptors (Lipinski definition) is 4. The number of hydrogen-bond donors (Lipinski definition) is 1. The van der Waals surface area contributed by atoms with E-state index in [1.165, 1.54) is 6.20 Å². The maximum atomic E-state index is 12.4. The molecule has 1 aromatic carbocycles. The highest BCUT2D eigenvalue weighted by Gasteiger charge is 2.13. The van der Waals surface area contributed by atoms with Crippen molar-refractivity contribution in [2.75, 3.05) is 0 Å². The number of rotatable bonds is 3. The van der Waals surface area contributed by atoms with E-state index in [0.29, 0.717) is 14.4 Å². The fourth-order valence-electron chi connectivity index (χ4n) is 1.98. The van der Waals surface area contributed by atoms with Crippen molar-refractivity contribution >= 4 is 45.7 Å². The molecule has 0 unspecified atom stereocenters. The van der Waals surface area contributed by atoms with Gasteiger partial charge in [0.25, 0.3) is 11.5 Å². The molecule has 0 saturated heterocycles. The van der Waals surface area contributed by atoms with Crippen LogP contribution in [0.2, 0.25) is 5.02 Å². The van der Waals surface area contributed by atoms with Gasteiger partial charge in [-0.25, -0.2) is 4.98 Å². The quantitative estimate of drug-likeness (QED) is 0.634. The Bertz CT molecular complexity index is 940. The Balaban J connectivity index is 1.84. The summed E-state index contributed by atoms with van der Waals surface area (Å²) in [5, 5.41) is 7.39. The summed E-state index contributed by atoms with van der Waals surface area (Å²) in [6, 6.07) is 10.5. The van der Waals surface area contributed by atoms with Crippen molar-refractivity contribution in [2.45, 2.75) is 6.54 Å². The van der Waals surface area contributed by atoms with Gasteiger partial charge in [-0.2, -0.15) is 9.61 Å². The molecule has 0 saturated carbocycles. The van der Waals surface area contributed by atoms with Crippen molar-refractivity contribution in [1.82, 2.24) is 19.9 Å². The zero-order chi connectivity index (χ0) is 16.4. The van der Waals surface area contributed by atoms with Crippen LogP contribution in [0.15, 0.2) is 47.4 Å². The van der Waals surface area contributed by atoms with Crippen LogP contribution in [0.1, 0.15) is 15.9 Å². The van der Waals surface area contributed by atoms with E-state index in [0.717, 1.165) is 10.1 Å². The highest BCUT2D eigenvalue weighted by Crippen LogP contribution is 2.09. The minimum atomic E-state index is -0.498. The van der Waals surface area contributed by atoms with Crippen molar-refractivity contribution in [2.24, 2.45) is 0 Å². The van der Waals surface area contributed by atoms with Gasteiger partial charge in [0.1, 0.15) is 9.26 Å².